The first-order chi connectivity index (χ1) is 10.2. The van der Waals surface area contributed by atoms with E-state index in [1.165, 1.54) is 0 Å². The van der Waals surface area contributed by atoms with Crippen LogP contribution in [-0.2, 0) is 16.0 Å². The van der Waals surface area contributed by atoms with Crippen molar-refractivity contribution in [3.8, 4) is 0 Å². The lowest BCUT2D eigenvalue weighted by Crippen LogP contribution is -2.49. The maximum Gasteiger partial charge on any atom is 0.320 e. The van der Waals surface area contributed by atoms with E-state index in [1.807, 2.05) is 11.0 Å². The van der Waals surface area contributed by atoms with Gasteiger partial charge in [0.1, 0.15) is 6.04 Å². The molecule has 1 amide bonds. The second-order valence-corrected chi connectivity index (χ2v) is 5.80. The number of amides is 1. The van der Waals surface area contributed by atoms with Crippen molar-refractivity contribution in [2.75, 3.05) is 6.54 Å². The van der Waals surface area contributed by atoms with E-state index in [0.29, 0.717) is 19.4 Å². The van der Waals surface area contributed by atoms with Gasteiger partial charge in [0.05, 0.1) is 18.6 Å². The molecule has 6 heteroatoms. The number of rotatable bonds is 6. The minimum atomic E-state index is -0.810. The third-order valence-electron chi connectivity index (χ3n) is 4.28. The van der Waals surface area contributed by atoms with E-state index < -0.39 is 12.0 Å². The van der Waals surface area contributed by atoms with Gasteiger partial charge in [-0.25, -0.2) is 0 Å². The lowest BCUT2D eigenvalue weighted by Gasteiger charge is -2.27. The first-order valence-corrected chi connectivity index (χ1v) is 7.46. The van der Waals surface area contributed by atoms with Crippen LogP contribution in [0.4, 0.5) is 0 Å². The van der Waals surface area contributed by atoms with Crippen molar-refractivity contribution < 1.29 is 19.1 Å². The number of furan rings is 1. The van der Waals surface area contributed by atoms with E-state index in [4.69, 9.17) is 4.42 Å². The van der Waals surface area contributed by atoms with Crippen LogP contribution >= 0.6 is 0 Å². The van der Waals surface area contributed by atoms with Crippen molar-refractivity contribution in [1.82, 2.24) is 10.2 Å². The van der Waals surface area contributed by atoms with Crippen molar-refractivity contribution in [2.45, 2.75) is 50.2 Å². The van der Waals surface area contributed by atoms with E-state index in [0.717, 1.165) is 24.8 Å². The molecular formula is C15H20N2O4. The van der Waals surface area contributed by atoms with Crippen molar-refractivity contribution in [2.24, 2.45) is 0 Å². The van der Waals surface area contributed by atoms with Crippen LogP contribution in [0.2, 0.25) is 0 Å². The number of carboxylic acid groups (broad SMARTS) is 1. The minimum Gasteiger partial charge on any atom is -0.480 e. The smallest absolute Gasteiger partial charge is 0.320 e. The van der Waals surface area contributed by atoms with Gasteiger partial charge in [-0.2, -0.15) is 0 Å². The summed E-state index contributed by atoms with van der Waals surface area (Å²) in [5.41, 5.74) is 1.05. The predicted octanol–water partition coefficient (Wildman–Crippen LogP) is 1.02. The Morgan fingerprint density at radius 2 is 2.05 bits per heavy atom. The number of nitrogens with zero attached hydrogens (tertiary/aromatic N) is 1. The second-order valence-electron chi connectivity index (χ2n) is 5.80. The highest BCUT2D eigenvalue weighted by Crippen LogP contribution is 2.37. The molecule has 2 heterocycles. The molecule has 2 N–H and O–H groups in total. The Morgan fingerprint density at radius 1 is 1.29 bits per heavy atom. The summed E-state index contributed by atoms with van der Waals surface area (Å²) in [6, 6.07) is 1.36. The molecule has 1 aromatic rings. The highest BCUT2D eigenvalue weighted by molar-refractivity contribution is 5.84. The van der Waals surface area contributed by atoms with E-state index in [-0.39, 0.29) is 18.0 Å². The van der Waals surface area contributed by atoms with E-state index in [9.17, 15) is 14.7 Å². The van der Waals surface area contributed by atoms with Crippen LogP contribution < -0.4 is 5.32 Å². The maximum atomic E-state index is 12.3. The fourth-order valence-electron chi connectivity index (χ4n) is 3.11. The van der Waals surface area contributed by atoms with Gasteiger partial charge in [-0.05, 0) is 43.7 Å². The SMILES string of the molecule is O=C(O)C1CCC(C(=O)NCCc2ccoc2)N1C1CC1. The topological polar surface area (TPSA) is 82.8 Å². The van der Waals surface area contributed by atoms with Crippen LogP contribution in [0.15, 0.2) is 23.0 Å². The number of aliphatic carboxylic acids is 1. The average molecular weight is 292 g/mol. The molecule has 114 valence electrons. The lowest BCUT2D eigenvalue weighted by atomic mass is 10.2. The zero-order valence-corrected chi connectivity index (χ0v) is 11.8. The Kier molecular flexibility index (Phi) is 3.96. The molecule has 2 aliphatic rings. The molecule has 0 bridgehead atoms. The largest absolute Gasteiger partial charge is 0.480 e. The van der Waals surface area contributed by atoms with Gasteiger partial charge in [-0.3, -0.25) is 14.5 Å². The molecule has 21 heavy (non-hydrogen) atoms. The van der Waals surface area contributed by atoms with Gasteiger partial charge in [-0.1, -0.05) is 0 Å². The van der Waals surface area contributed by atoms with Gasteiger partial charge in [0.25, 0.3) is 0 Å². The maximum absolute atomic E-state index is 12.3. The van der Waals surface area contributed by atoms with E-state index in [1.54, 1.807) is 12.5 Å². The summed E-state index contributed by atoms with van der Waals surface area (Å²) in [4.78, 5) is 25.5. The highest BCUT2D eigenvalue weighted by atomic mass is 16.4. The number of carbonyl (C=O) groups excluding carboxylic acids is 1. The fraction of sp³-hybridized carbons (Fsp3) is 0.600. The summed E-state index contributed by atoms with van der Waals surface area (Å²) in [5.74, 6) is -0.857. The van der Waals surface area contributed by atoms with Crippen molar-refractivity contribution >= 4 is 11.9 Å². The number of carboxylic acids is 1. The molecule has 0 radical (unpaired) electrons. The average Bonchev–Trinajstić information content (AvgIpc) is 3.00. The summed E-state index contributed by atoms with van der Waals surface area (Å²) < 4.78 is 4.98. The Bertz CT molecular complexity index is 510. The monoisotopic (exact) mass is 292 g/mol. The molecule has 1 saturated carbocycles. The van der Waals surface area contributed by atoms with E-state index >= 15 is 0 Å². The summed E-state index contributed by atoms with van der Waals surface area (Å²) in [6.07, 6.45) is 7.20. The number of hydrogen-bond donors (Lipinski definition) is 2. The molecule has 2 unspecified atom stereocenters. The molecule has 2 atom stereocenters. The molecule has 1 saturated heterocycles. The summed E-state index contributed by atoms with van der Waals surface area (Å²) in [6.45, 7) is 0.547. The molecular weight excluding hydrogens is 272 g/mol. The molecule has 1 aromatic heterocycles. The molecule has 1 aliphatic heterocycles. The minimum absolute atomic E-state index is 0.0471. The van der Waals surface area contributed by atoms with Crippen LogP contribution in [0.3, 0.4) is 0 Å². The quantitative estimate of drug-likeness (QED) is 0.818. The molecule has 6 nitrogen and oxygen atoms in total. The fourth-order valence-corrected chi connectivity index (χ4v) is 3.11. The summed E-state index contributed by atoms with van der Waals surface area (Å²) in [7, 11) is 0. The summed E-state index contributed by atoms with van der Waals surface area (Å²) >= 11 is 0. The van der Waals surface area contributed by atoms with Crippen molar-refractivity contribution in [1.29, 1.82) is 0 Å². The molecule has 1 aliphatic carbocycles. The zero-order valence-electron chi connectivity index (χ0n) is 11.8. The Balaban J connectivity index is 1.55. The van der Waals surface area contributed by atoms with E-state index in [2.05, 4.69) is 5.32 Å². The number of hydrogen-bond acceptors (Lipinski definition) is 4. The Labute approximate surface area is 123 Å². The van der Waals surface area contributed by atoms with Gasteiger partial charge in [0, 0.05) is 12.6 Å². The van der Waals surface area contributed by atoms with Crippen LogP contribution in [0.5, 0.6) is 0 Å². The van der Waals surface area contributed by atoms with Crippen molar-refractivity contribution in [3.05, 3.63) is 24.2 Å². The third kappa shape index (κ3) is 3.10. The number of likely N-dealkylation sites (tertiary alicyclic amines) is 1. The molecule has 0 spiro atoms. The Morgan fingerprint density at radius 3 is 2.67 bits per heavy atom. The first-order valence-electron chi connectivity index (χ1n) is 7.46. The highest BCUT2D eigenvalue weighted by Gasteiger charge is 2.48. The molecule has 2 fully saturated rings. The van der Waals surface area contributed by atoms with Crippen molar-refractivity contribution in [3.63, 3.8) is 0 Å². The predicted molar refractivity (Wildman–Crippen MR) is 74.7 cm³/mol. The van der Waals surface area contributed by atoms with Gasteiger partial charge in [-0.15, -0.1) is 0 Å². The van der Waals surface area contributed by atoms with Gasteiger partial charge in [0.15, 0.2) is 0 Å². The zero-order chi connectivity index (χ0) is 14.8. The normalized spacial score (nSPS) is 25.9. The number of nitrogens with one attached hydrogen (secondary N) is 1. The lowest BCUT2D eigenvalue weighted by molar-refractivity contribution is -0.143. The summed E-state index contributed by atoms with van der Waals surface area (Å²) in [5, 5.41) is 12.2. The van der Waals surface area contributed by atoms with Crippen LogP contribution in [-0.4, -0.2) is 46.6 Å². The standard InChI is InChI=1S/C15H20N2O4/c18-14(16-7-5-10-6-8-21-9-10)12-3-4-13(15(19)20)17(12)11-1-2-11/h6,8-9,11-13H,1-5,7H2,(H,16,18)(H,19,20). The molecule has 0 aromatic carbocycles. The molecule has 3 rings (SSSR count). The Hall–Kier alpha value is -1.82. The van der Waals surface area contributed by atoms with Gasteiger partial charge >= 0.3 is 5.97 Å². The second kappa shape index (κ2) is 5.89. The van der Waals surface area contributed by atoms with Crippen LogP contribution in [0, 0.1) is 0 Å². The third-order valence-corrected chi connectivity index (χ3v) is 4.28. The van der Waals surface area contributed by atoms with Gasteiger partial charge < -0.3 is 14.8 Å². The van der Waals surface area contributed by atoms with Crippen LogP contribution in [0.25, 0.3) is 0 Å². The first kappa shape index (κ1) is 14.1. The van der Waals surface area contributed by atoms with Gasteiger partial charge in [0.2, 0.25) is 5.91 Å². The van der Waals surface area contributed by atoms with Crippen LogP contribution in [0.1, 0.15) is 31.2 Å². The number of carbonyl (C=O) groups is 2.